The van der Waals surface area contributed by atoms with Crippen molar-refractivity contribution in [1.82, 2.24) is 35.5 Å². The van der Waals surface area contributed by atoms with Crippen LogP contribution in [-0.4, -0.2) is 68.1 Å². The van der Waals surface area contributed by atoms with Gasteiger partial charge in [0, 0.05) is 36.1 Å². The summed E-state index contributed by atoms with van der Waals surface area (Å²) in [5.74, 6) is 1.51. The number of rotatable bonds is 8. The monoisotopic (exact) mass is 565 g/mol. The third-order valence-corrected chi connectivity index (χ3v) is 8.90. The highest BCUT2D eigenvalue weighted by Crippen LogP contribution is 2.37. The fraction of sp³-hybridized carbons (Fsp3) is 0.481. The van der Waals surface area contributed by atoms with Crippen molar-refractivity contribution in [2.24, 2.45) is 11.7 Å². The van der Waals surface area contributed by atoms with Crippen molar-refractivity contribution in [3.63, 3.8) is 0 Å². The lowest BCUT2D eigenvalue weighted by atomic mass is 9.92. The summed E-state index contributed by atoms with van der Waals surface area (Å²) in [4.78, 5) is 33.6. The smallest absolute Gasteiger partial charge is 0.218 e. The molecule has 2 aliphatic heterocycles. The van der Waals surface area contributed by atoms with Gasteiger partial charge in [-0.05, 0) is 81.1 Å². The van der Waals surface area contributed by atoms with Crippen LogP contribution < -0.4 is 16.0 Å². The number of Topliss-reactive ketones (excluding diaryl/α,β-unsaturated/α-hetero) is 1. The van der Waals surface area contributed by atoms with Crippen molar-refractivity contribution in [3.8, 4) is 0 Å². The molecular weight excluding hydrogens is 534 g/mol. The molecule has 3 aromatic heterocycles. The van der Waals surface area contributed by atoms with E-state index < -0.39 is 0 Å². The van der Waals surface area contributed by atoms with E-state index in [0.717, 1.165) is 85.7 Å². The molecule has 1 atom stereocenters. The third kappa shape index (κ3) is 5.58. The number of halogens is 1. The molecule has 0 radical (unpaired) electrons. The topological polar surface area (TPSA) is 139 Å². The first-order valence-corrected chi connectivity index (χ1v) is 14.8. The highest BCUT2D eigenvalue weighted by molar-refractivity contribution is 7.99. The Labute approximate surface area is 235 Å². The summed E-state index contributed by atoms with van der Waals surface area (Å²) in [7, 11) is 0. The number of aromatic amines is 1. The van der Waals surface area contributed by atoms with Crippen LogP contribution in [0.15, 0.2) is 28.3 Å². The molecule has 39 heavy (non-hydrogen) atoms. The number of carbonyl (C=O) groups is 1. The summed E-state index contributed by atoms with van der Waals surface area (Å²) >= 11 is 8.17. The lowest BCUT2D eigenvalue weighted by Crippen LogP contribution is -2.28. The van der Waals surface area contributed by atoms with Gasteiger partial charge in [0.25, 0.3) is 0 Å². The lowest BCUT2D eigenvalue weighted by Gasteiger charge is -2.21. The van der Waals surface area contributed by atoms with E-state index in [9.17, 15) is 4.79 Å². The molecule has 0 amide bonds. The average Bonchev–Trinajstić information content (AvgIpc) is 3.54. The molecule has 6 rings (SSSR count). The Bertz CT molecular complexity index is 1520. The minimum atomic E-state index is -0.0569. The number of fused-ring (bicyclic) bond motifs is 2. The van der Waals surface area contributed by atoms with Gasteiger partial charge >= 0.3 is 0 Å². The van der Waals surface area contributed by atoms with Gasteiger partial charge in [-0.2, -0.15) is 0 Å². The van der Waals surface area contributed by atoms with Crippen molar-refractivity contribution < 1.29 is 4.79 Å². The number of carbonyl (C=O) groups excluding carboxylic acids is 1. The molecule has 4 aromatic rings. The highest BCUT2D eigenvalue weighted by atomic mass is 35.5. The fourth-order valence-electron chi connectivity index (χ4n) is 5.39. The number of hydrogen-bond donors (Lipinski definition) is 3. The van der Waals surface area contributed by atoms with Gasteiger partial charge in [-0.3, -0.25) is 4.79 Å². The van der Waals surface area contributed by atoms with E-state index in [1.54, 1.807) is 0 Å². The average molecular weight is 566 g/mol. The van der Waals surface area contributed by atoms with Gasteiger partial charge < -0.3 is 20.9 Å². The normalized spacial score (nSPS) is 18.4. The Morgan fingerprint density at radius 1 is 1.15 bits per heavy atom. The fourth-order valence-corrected chi connectivity index (χ4v) is 6.53. The molecule has 4 N–H and O–H groups in total. The summed E-state index contributed by atoms with van der Waals surface area (Å²) in [5.41, 5.74) is 9.13. The van der Waals surface area contributed by atoms with Gasteiger partial charge in [0.2, 0.25) is 11.6 Å². The van der Waals surface area contributed by atoms with E-state index in [1.165, 1.54) is 11.8 Å². The van der Waals surface area contributed by atoms with Crippen LogP contribution in [0.5, 0.6) is 0 Å². The molecule has 0 aliphatic carbocycles. The van der Waals surface area contributed by atoms with E-state index in [-0.39, 0.29) is 17.6 Å². The van der Waals surface area contributed by atoms with Crippen LogP contribution in [0.1, 0.15) is 55.3 Å². The maximum absolute atomic E-state index is 12.8. The Kier molecular flexibility index (Phi) is 7.66. The van der Waals surface area contributed by atoms with Gasteiger partial charge in [0.15, 0.2) is 5.16 Å². The molecule has 10 nitrogen and oxygen atoms in total. The second kappa shape index (κ2) is 11.3. The minimum absolute atomic E-state index is 0.0569. The van der Waals surface area contributed by atoms with Crippen molar-refractivity contribution >= 4 is 57.0 Å². The number of hydrogen-bond acceptors (Lipinski definition) is 10. The summed E-state index contributed by atoms with van der Waals surface area (Å²) in [5, 5.41) is 13.8. The number of benzene rings is 1. The Balaban J connectivity index is 1.26. The van der Waals surface area contributed by atoms with Gasteiger partial charge in [-0.1, -0.05) is 18.5 Å². The maximum atomic E-state index is 12.8. The zero-order valence-corrected chi connectivity index (χ0v) is 23.5. The molecule has 0 bridgehead atoms. The number of aromatic nitrogens is 6. The summed E-state index contributed by atoms with van der Waals surface area (Å²) < 4.78 is 0. The quantitative estimate of drug-likeness (QED) is 0.211. The third-order valence-electron chi connectivity index (χ3n) is 7.62. The minimum Gasteiger partial charge on any atom is -0.354 e. The van der Waals surface area contributed by atoms with E-state index in [2.05, 4.69) is 37.3 Å². The standard InChI is InChI=1S/C27H32ClN9OS/c1-2-18-23(28)22-25(31-18)33-27(34-26(22)37-12-9-16(29)14-37)39-17-4-5-19-20(13-17)32-24(36-35-19)21(38)6-3-15-7-10-30-11-8-15/h4-5,13,15-16,30H,2-3,6-12,14,29H2,1H3,(H,31,33,34)/t16-/m1/s1. The van der Waals surface area contributed by atoms with Crippen molar-refractivity contribution in [2.75, 3.05) is 31.1 Å². The molecule has 0 unspecified atom stereocenters. The summed E-state index contributed by atoms with van der Waals surface area (Å²) in [6.07, 6.45) is 5.21. The van der Waals surface area contributed by atoms with E-state index >= 15 is 0 Å². The molecule has 1 aromatic carbocycles. The SMILES string of the molecule is CCc1[nH]c2nc(Sc3ccc4nnc(C(=O)CCC5CCNCC5)nc4c3)nc(N3CC[C@@H](N)C3)c2c1Cl. The molecule has 204 valence electrons. The first kappa shape index (κ1) is 26.4. The van der Waals surface area contributed by atoms with Crippen LogP contribution in [0.2, 0.25) is 5.02 Å². The van der Waals surface area contributed by atoms with Crippen LogP contribution >= 0.6 is 23.4 Å². The first-order chi connectivity index (χ1) is 19.0. The van der Waals surface area contributed by atoms with E-state index in [1.807, 2.05) is 18.2 Å². The number of nitrogens with one attached hydrogen (secondary N) is 2. The van der Waals surface area contributed by atoms with Gasteiger partial charge in [-0.15, -0.1) is 10.2 Å². The van der Waals surface area contributed by atoms with Crippen LogP contribution in [0.25, 0.3) is 22.1 Å². The largest absolute Gasteiger partial charge is 0.354 e. The van der Waals surface area contributed by atoms with Gasteiger partial charge in [0.1, 0.15) is 17.0 Å². The van der Waals surface area contributed by atoms with Gasteiger partial charge in [-0.25, -0.2) is 15.0 Å². The number of anilines is 1. The number of aryl methyl sites for hydroxylation is 1. The molecular formula is C27H32ClN9OS. The molecule has 12 heteroatoms. The predicted octanol–water partition coefficient (Wildman–Crippen LogP) is 4.16. The molecule has 2 aliphatic rings. The zero-order chi connectivity index (χ0) is 26.9. The molecule has 5 heterocycles. The Morgan fingerprint density at radius 2 is 2.00 bits per heavy atom. The predicted molar refractivity (Wildman–Crippen MR) is 154 cm³/mol. The van der Waals surface area contributed by atoms with Gasteiger partial charge in [0.05, 0.1) is 15.9 Å². The number of nitrogens with two attached hydrogens (primary N) is 1. The van der Waals surface area contributed by atoms with Crippen molar-refractivity contribution in [1.29, 1.82) is 0 Å². The second-order valence-corrected chi connectivity index (χ2v) is 11.8. The molecule has 2 saturated heterocycles. The number of piperidine rings is 1. The Hall–Kier alpha value is -2.86. The van der Waals surface area contributed by atoms with E-state index in [0.29, 0.717) is 33.6 Å². The summed E-state index contributed by atoms with van der Waals surface area (Å²) in [6.45, 7) is 5.66. The van der Waals surface area contributed by atoms with Crippen LogP contribution in [0, 0.1) is 5.92 Å². The maximum Gasteiger partial charge on any atom is 0.218 e. The number of nitrogens with zero attached hydrogens (tertiary/aromatic N) is 6. The summed E-state index contributed by atoms with van der Waals surface area (Å²) in [6, 6.07) is 5.83. The van der Waals surface area contributed by atoms with E-state index in [4.69, 9.17) is 27.3 Å². The molecule has 0 saturated carbocycles. The number of ketones is 1. The van der Waals surface area contributed by atoms with Crippen LogP contribution in [-0.2, 0) is 6.42 Å². The zero-order valence-electron chi connectivity index (χ0n) is 21.9. The molecule has 2 fully saturated rings. The lowest BCUT2D eigenvalue weighted by molar-refractivity contribution is 0.0960. The van der Waals surface area contributed by atoms with Crippen molar-refractivity contribution in [2.45, 2.75) is 61.5 Å². The first-order valence-electron chi connectivity index (χ1n) is 13.6. The second-order valence-electron chi connectivity index (χ2n) is 10.4. The highest BCUT2D eigenvalue weighted by Gasteiger charge is 2.26. The van der Waals surface area contributed by atoms with Crippen molar-refractivity contribution in [3.05, 3.63) is 34.7 Å². The Morgan fingerprint density at radius 3 is 2.77 bits per heavy atom. The van der Waals surface area contributed by atoms with Crippen LogP contribution in [0.3, 0.4) is 0 Å². The number of H-pyrrole nitrogens is 1. The van der Waals surface area contributed by atoms with Crippen LogP contribution in [0.4, 0.5) is 5.82 Å². The molecule has 0 spiro atoms.